The van der Waals surface area contributed by atoms with Gasteiger partial charge < -0.3 is 10.2 Å². The summed E-state index contributed by atoms with van der Waals surface area (Å²) < 4.78 is 14.9. The van der Waals surface area contributed by atoms with Crippen molar-refractivity contribution in [1.29, 1.82) is 0 Å². The van der Waals surface area contributed by atoms with Gasteiger partial charge in [0.25, 0.3) is 5.56 Å². The summed E-state index contributed by atoms with van der Waals surface area (Å²) in [6, 6.07) is 12.2. The third-order valence-electron chi connectivity index (χ3n) is 5.69. The van der Waals surface area contributed by atoms with Crippen molar-refractivity contribution >= 4 is 22.3 Å². The Morgan fingerprint density at radius 3 is 2.69 bits per heavy atom. The minimum absolute atomic E-state index is 0.0144. The molecule has 29 heavy (non-hydrogen) atoms. The molecule has 1 aliphatic rings. The lowest BCUT2D eigenvalue weighted by Gasteiger charge is -2.35. The number of anilines is 2. The van der Waals surface area contributed by atoms with Crippen LogP contribution < -0.4 is 10.9 Å². The van der Waals surface area contributed by atoms with E-state index in [1.807, 2.05) is 18.2 Å². The number of aromatic nitrogens is 2. The Morgan fingerprint density at radius 1 is 1.17 bits per heavy atom. The highest BCUT2D eigenvalue weighted by Crippen LogP contribution is 2.22. The fourth-order valence-electron chi connectivity index (χ4n) is 4.06. The van der Waals surface area contributed by atoms with Crippen molar-refractivity contribution in [3.63, 3.8) is 0 Å². The van der Waals surface area contributed by atoms with Gasteiger partial charge in [-0.2, -0.15) is 0 Å². The Balaban J connectivity index is 1.57. The van der Waals surface area contributed by atoms with Gasteiger partial charge in [0.15, 0.2) is 0 Å². The second-order valence-corrected chi connectivity index (χ2v) is 8.16. The summed E-state index contributed by atoms with van der Waals surface area (Å²) in [6.07, 6.45) is 3.98. The Kier molecular flexibility index (Phi) is 5.62. The normalized spacial score (nSPS) is 17.7. The molecule has 6 heteroatoms. The van der Waals surface area contributed by atoms with Gasteiger partial charge in [0.2, 0.25) is 0 Å². The first-order valence-electron chi connectivity index (χ1n) is 10.3. The van der Waals surface area contributed by atoms with Crippen LogP contribution in [0.25, 0.3) is 10.9 Å². The summed E-state index contributed by atoms with van der Waals surface area (Å²) in [5, 5.41) is 3.81. The molecule has 1 saturated heterocycles. The van der Waals surface area contributed by atoms with Crippen LogP contribution in [0.5, 0.6) is 0 Å². The van der Waals surface area contributed by atoms with Crippen LogP contribution in [0.4, 0.5) is 15.8 Å². The van der Waals surface area contributed by atoms with E-state index >= 15 is 0 Å². The molecule has 2 aromatic carbocycles. The Morgan fingerprint density at radius 2 is 1.93 bits per heavy atom. The number of hydrogen-bond acceptors (Lipinski definition) is 4. The smallest absolute Gasteiger partial charge is 0.261 e. The molecule has 0 saturated carbocycles. The zero-order valence-electron chi connectivity index (χ0n) is 16.9. The van der Waals surface area contributed by atoms with E-state index in [9.17, 15) is 9.18 Å². The third-order valence-corrected chi connectivity index (χ3v) is 5.69. The topological polar surface area (TPSA) is 50.2 Å². The number of halogens is 1. The van der Waals surface area contributed by atoms with Crippen molar-refractivity contribution in [1.82, 2.24) is 14.5 Å². The van der Waals surface area contributed by atoms with Crippen molar-refractivity contribution in [3.05, 3.63) is 65.0 Å². The van der Waals surface area contributed by atoms with Crippen LogP contribution >= 0.6 is 0 Å². The average molecular weight is 394 g/mol. The Hall–Kier alpha value is -2.73. The van der Waals surface area contributed by atoms with Crippen molar-refractivity contribution < 1.29 is 4.39 Å². The summed E-state index contributed by atoms with van der Waals surface area (Å²) in [7, 11) is 0. The predicted molar refractivity (Wildman–Crippen MR) is 115 cm³/mol. The molecule has 0 aliphatic carbocycles. The quantitative estimate of drug-likeness (QED) is 0.697. The van der Waals surface area contributed by atoms with Crippen molar-refractivity contribution in [2.75, 3.05) is 18.4 Å². The molecule has 0 amide bonds. The molecule has 5 nitrogen and oxygen atoms in total. The van der Waals surface area contributed by atoms with E-state index in [0.717, 1.165) is 30.9 Å². The van der Waals surface area contributed by atoms with Gasteiger partial charge in [-0.05, 0) is 81.6 Å². The number of hydrogen-bond donors (Lipinski definition) is 1. The molecule has 2 heterocycles. The fraction of sp³-hybridized carbons (Fsp3) is 0.391. The van der Waals surface area contributed by atoms with Gasteiger partial charge >= 0.3 is 0 Å². The monoisotopic (exact) mass is 394 g/mol. The van der Waals surface area contributed by atoms with Crippen LogP contribution in [0.1, 0.15) is 26.7 Å². The number of nitrogens with one attached hydrogen (secondary N) is 1. The third kappa shape index (κ3) is 4.48. The van der Waals surface area contributed by atoms with Crippen LogP contribution in [0, 0.1) is 11.7 Å². The van der Waals surface area contributed by atoms with Gasteiger partial charge in [-0.15, -0.1) is 0 Å². The molecule has 1 atom stereocenters. The van der Waals surface area contributed by atoms with Crippen LogP contribution in [0.3, 0.4) is 0 Å². The van der Waals surface area contributed by atoms with Crippen LogP contribution in [0.2, 0.25) is 0 Å². The molecular formula is C23H27FN4O. The molecule has 0 spiro atoms. The molecule has 152 valence electrons. The minimum atomic E-state index is -0.278. The van der Waals surface area contributed by atoms with Gasteiger partial charge in [0.05, 0.1) is 17.2 Å². The van der Waals surface area contributed by atoms with Gasteiger partial charge in [-0.25, -0.2) is 9.37 Å². The SMILES string of the molecule is CC(C)N1CCCC(Cn2cnc3ccc(Nc4ccc(F)cc4)cc3c2=O)C1. The zero-order valence-corrected chi connectivity index (χ0v) is 16.9. The van der Waals surface area contributed by atoms with Crippen LogP contribution in [-0.2, 0) is 6.54 Å². The van der Waals surface area contributed by atoms with Crippen LogP contribution in [0.15, 0.2) is 53.6 Å². The fourth-order valence-corrected chi connectivity index (χ4v) is 4.06. The number of benzene rings is 2. The highest BCUT2D eigenvalue weighted by atomic mass is 19.1. The largest absolute Gasteiger partial charge is 0.356 e. The second kappa shape index (κ2) is 8.33. The Labute approximate surface area is 170 Å². The maximum absolute atomic E-state index is 13.1. The summed E-state index contributed by atoms with van der Waals surface area (Å²) in [4.78, 5) is 20.1. The summed E-state index contributed by atoms with van der Waals surface area (Å²) >= 11 is 0. The number of likely N-dealkylation sites (tertiary alicyclic amines) is 1. The molecular weight excluding hydrogens is 367 g/mol. The lowest BCUT2D eigenvalue weighted by atomic mass is 9.97. The average Bonchev–Trinajstić information content (AvgIpc) is 2.72. The van der Waals surface area contributed by atoms with E-state index in [2.05, 4.69) is 29.0 Å². The highest BCUT2D eigenvalue weighted by molar-refractivity contribution is 5.82. The molecule has 0 bridgehead atoms. The van der Waals surface area contributed by atoms with E-state index in [4.69, 9.17) is 0 Å². The maximum atomic E-state index is 13.1. The van der Waals surface area contributed by atoms with E-state index in [1.165, 1.54) is 18.6 Å². The zero-order chi connectivity index (χ0) is 20.4. The second-order valence-electron chi connectivity index (χ2n) is 8.16. The minimum Gasteiger partial charge on any atom is -0.356 e. The highest BCUT2D eigenvalue weighted by Gasteiger charge is 2.22. The maximum Gasteiger partial charge on any atom is 0.261 e. The molecule has 3 aromatic rings. The summed E-state index contributed by atoms with van der Waals surface area (Å²) in [5.74, 6) is 0.184. The first-order valence-corrected chi connectivity index (χ1v) is 10.3. The molecule has 1 aromatic heterocycles. The molecule has 1 N–H and O–H groups in total. The molecule has 4 rings (SSSR count). The number of piperidine rings is 1. The van der Waals surface area contributed by atoms with E-state index in [1.54, 1.807) is 23.0 Å². The summed E-state index contributed by atoms with van der Waals surface area (Å²) in [5.41, 5.74) is 2.22. The molecule has 1 fully saturated rings. The van der Waals surface area contributed by atoms with E-state index in [0.29, 0.717) is 29.4 Å². The molecule has 1 unspecified atom stereocenters. The lowest BCUT2D eigenvalue weighted by Crippen LogP contribution is -2.42. The van der Waals surface area contributed by atoms with Gasteiger partial charge in [-0.3, -0.25) is 9.36 Å². The molecule has 1 aliphatic heterocycles. The number of nitrogens with zero attached hydrogens (tertiary/aromatic N) is 3. The van der Waals surface area contributed by atoms with Gasteiger partial charge in [-0.1, -0.05) is 0 Å². The number of fused-ring (bicyclic) bond motifs is 1. The predicted octanol–water partition coefficient (Wildman–Crippen LogP) is 4.40. The Bertz CT molecular complexity index is 1040. The van der Waals surface area contributed by atoms with E-state index < -0.39 is 0 Å². The van der Waals surface area contributed by atoms with Gasteiger partial charge in [0, 0.05) is 30.5 Å². The van der Waals surface area contributed by atoms with Crippen molar-refractivity contribution in [3.8, 4) is 0 Å². The first-order chi connectivity index (χ1) is 14.0. The van der Waals surface area contributed by atoms with E-state index in [-0.39, 0.29) is 11.4 Å². The van der Waals surface area contributed by atoms with Gasteiger partial charge in [0.1, 0.15) is 5.82 Å². The van der Waals surface area contributed by atoms with Crippen molar-refractivity contribution in [2.24, 2.45) is 5.92 Å². The summed E-state index contributed by atoms with van der Waals surface area (Å²) in [6.45, 7) is 7.30. The lowest BCUT2D eigenvalue weighted by molar-refractivity contribution is 0.130. The first kappa shape index (κ1) is 19.6. The standard InChI is InChI=1S/C23H27FN4O/c1-16(2)27-11-3-4-17(13-27)14-28-15-25-22-10-9-20(12-21(22)23(28)29)26-19-7-5-18(24)6-8-19/h5-10,12,15-17,26H,3-4,11,13-14H2,1-2H3. The van der Waals surface area contributed by atoms with Crippen molar-refractivity contribution in [2.45, 2.75) is 39.3 Å². The number of rotatable bonds is 5. The van der Waals surface area contributed by atoms with Crippen LogP contribution in [-0.4, -0.2) is 33.6 Å². The molecule has 0 radical (unpaired) electrons.